The first-order chi connectivity index (χ1) is 5.18. The molecule has 0 aliphatic heterocycles. The Hall–Kier alpha value is 0.672. The summed E-state index contributed by atoms with van der Waals surface area (Å²) in [5, 5.41) is 10.0. The quantitative estimate of drug-likeness (QED) is 0.586. The van der Waals surface area contributed by atoms with E-state index in [4.69, 9.17) is 0 Å². The average molecular weight is 286 g/mol. The van der Waals surface area contributed by atoms with Gasteiger partial charge in [0.2, 0.25) is 0 Å². The van der Waals surface area contributed by atoms with Crippen LogP contribution in [0.25, 0.3) is 0 Å². The molecule has 2 nitrogen and oxygen atoms in total. The summed E-state index contributed by atoms with van der Waals surface area (Å²) in [5.74, 6) is -1.52. The van der Waals surface area contributed by atoms with Gasteiger partial charge in [0.1, 0.15) is 5.82 Å². The van der Waals surface area contributed by atoms with E-state index in [1.165, 1.54) is 24.3 Å². The van der Waals surface area contributed by atoms with Crippen LogP contribution < -0.4 is 74.0 Å². The van der Waals surface area contributed by atoms with Crippen LogP contribution in [-0.4, -0.2) is 5.97 Å². The largest absolute Gasteiger partial charge is 1.00 e. The fraction of sp³-hybridized carbons (Fsp3) is 0.125. The molecule has 0 aliphatic rings. The zero-order chi connectivity index (χ0) is 8.27. The van der Waals surface area contributed by atoms with E-state index in [1.807, 2.05) is 0 Å². The normalized spacial score (nSPS) is 8.75. The molecule has 0 heterocycles. The van der Waals surface area contributed by atoms with Gasteiger partial charge in [-0.15, -0.1) is 0 Å². The van der Waals surface area contributed by atoms with E-state index in [9.17, 15) is 14.3 Å². The third kappa shape index (κ3) is 4.64. The molecule has 58 valence electrons. The van der Waals surface area contributed by atoms with Crippen molar-refractivity contribution in [3.8, 4) is 0 Å². The average Bonchev–Trinajstić information content (AvgIpc) is 1.93. The van der Waals surface area contributed by atoms with E-state index in [-0.39, 0.29) is 81.1 Å². The van der Waals surface area contributed by atoms with Gasteiger partial charge in [-0.3, -0.25) is 0 Å². The maximum Gasteiger partial charge on any atom is 1.00 e. The molecule has 0 saturated heterocycles. The fourth-order valence-corrected chi connectivity index (χ4v) is 0.769. The SMILES string of the molecule is O=C([O-])Cc1ccc(F)cc1.[Cs+]. The Morgan fingerprint density at radius 3 is 2.25 bits per heavy atom. The fourth-order valence-electron chi connectivity index (χ4n) is 0.769. The number of benzene rings is 1. The number of hydrogen-bond acceptors (Lipinski definition) is 2. The van der Waals surface area contributed by atoms with Crippen molar-refractivity contribution in [2.75, 3.05) is 0 Å². The van der Waals surface area contributed by atoms with Crippen molar-refractivity contribution in [3.05, 3.63) is 35.6 Å². The smallest absolute Gasteiger partial charge is 0.550 e. The minimum Gasteiger partial charge on any atom is -0.550 e. The molecule has 0 fully saturated rings. The summed E-state index contributed by atoms with van der Waals surface area (Å²) in [6, 6.07) is 5.28. The van der Waals surface area contributed by atoms with Crippen LogP contribution in [0, 0.1) is 5.82 Å². The molecule has 0 bridgehead atoms. The Morgan fingerprint density at radius 2 is 1.83 bits per heavy atom. The summed E-state index contributed by atoms with van der Waals surface area (Å²) in [7, 11) is 0. The maximum absolute atomic E-state index is 12.3. The van der Waals surface area contributed by atoms with Crippen molar-refractivity contribution in [3.63, 3.8) is 0 Å². The van der Waals surface area contributed by atoms with Gasteiger partial charge in [0, 0.05) is 12.4 Å². The van der Waals surface area contributed by atoms with Crippen molar-refractivity contribution >= 4 is 5.97 Å². The molecule has 1 aromatic rings. The number of carboxylic acid groups (broad SMARTS) is 1. The predicted octanol–water partition coefficient (Wildman–Crippen LogP) is -2.88. The summed E-state index contributed by atoms with van der Waals surface area (Å²) in [6.45, 7) is 0. The minimum absolute atomic E-state index is 0. The van der Waals surface area contributed by atoms with Crippen LogP contribution >= 0.6 is 0 Å². The van der Waals surface area contributed by atoms with Crippen molar-refractivity contribution in [2.24, 2.45) is 0 Å². The topological polar surface area (TPSA) is 40.1 Å². The first-order valence-corrected chi connectivity index (χ1v) is 3.13. The van der Waals surface area contributed by atoms with E-state index in [0.29, 0.717) is 5.56 Å². The van der Waals surface area contributed by atoms with Gasteiger partial charge in [0.25, 0.3) is 0 Å². The minimum atomic E-state index is -1.16. The molecule has 0 aromatic heterocycles. The zero-order valence-electron chi connectivity index (χ0n) is 6.71. The van der Waals surface area contributed by atoms with Crippen molar-refractivity contribution < 1.29 is 83.2 Å². The van der Waals surface area contributed by atoms with Gasteiger partial charge in [-0.25, -0.2) is 4.39 Å². The third-order valence-electron chi connectivity index (χ3n) is 1.26. The molecule has 0 saturated carbocycles. The van der Waals surface area contributed by atoms with Gasteiger partial charge >= 0.3 is 68.9 Å². The number of hydrogen-bond donors (Lipinski definition) is 0. The second-order valence-corrected chi connectivity index (χ2v) is 2.18. The van der Waals surface area contributed by atoms with Crippen LogP contribution in [0.2, 0.25) is 0 Å². The molecule has 0 radical (unpaired) electrons. The Bertz CT molecular complexity index is 258. The summed E-state index contributed by atoms with van der Waals surface area (Å²) in [6.07, 6.45) is -0.166. The maximum atomic E-state index is 12.3. The van der Waals surface area contributed by atoms with E-state index in [2.05, 4.69) is 0 Å². The Kier molecular flexibility index (Phi) is 6.52. The van der Waals surface area contributed by atoms with Gasteiger partial charge in [-0.05, 0) is 17.7 Å². The number of carbonyl (C=O) groups excluding carboxylic acids is 1. The summed E-state index contributed by atoms with van der Waals surface area (Å²) in [4.78, 5) is 10.0. The van der Waals surface area contributed by atoms with E-state index >= 15 is 0 Å². The molecule has 0 unspecified atom stereocenters. The van der Waals surface area contributed by atoms with Crippen LogP contribution in [0.3, 0.4) is 0 Å². The summed E-state index contributed by atoms with van der Waals surface area (Å²) >= 11 is 0. The van der Waals surface area contributed by atoms with E-state index in [1.54, 1.807) is 0 Å². The van der Waals surface area contributed by atoms with Gasteiger partial charge < -0.3 is 9.90 Å². The summed E-state index contributed by atoms with van der Waals surface area (Å²) < 4.78 is 12.3. The molecule has 1 aromatic carbocycles. The second kappa shape index (κ2) is 6.18. The number of aliphatic carboxylic acids is 1. The number of rotatable bonds is 2. The molecule has 1 rings (SSSR count). The molecule has 12 heavy (non-hydrogen) atoms. The van der Waals surface area contributed by atoms with Crippen molar-refractivity contribution in [2.45, 2.75) is 6.42 Å². The molecular formula is C8H6CsFO2. The third-order valence-corrected chi connectivity index (χ3v) is 1.26. The van der Waals surface area contributed by atoms with Crippen LogP contribution in [0.5, 0.6) is 0 Å². The number of carboxylic acids is 1. The Labute approximate surface area is 129 Å². The van der Waals surface area contributed by atoms with E-state index < -0.39 is 5.97 Å². The summed E-state index contributed by atoms with van der Waals surface area (Å²) in [5.41, 5.74) is 0.548. The van der Waals surface area contributed by atoms with Crippen LogP contribution in [-0.2, 0) is 11.2 Å². The first-order valence-electron chi connectivity index (χ1n) is 3.13. The van der Waals surface area contributed by atoms with Crippen molar-refractivity contribution in [1.82, 2.24) is 0 Å². The predicted molar refractivity (Wildman–Crippen MR) is 35.1 cm³/mol. The van der Waals surface area contributed by atoms with Gasteiger partial charge in [0.15, 0.2) is 0 Å². The zero-order valence-corrected chi connectivity index (χ0v) is 13.0. The molecule has 4 heteroatoms. The molecule has 0 atom stereocenters. The first kappa shape index (κ1) is 12.7. The molecular weight excluding hydrogens is 280 g/mol. The molecule has 0 spiro atoms. The second-order valence-electron chi connectivity index (χ2n) is 2.18. The molecule has 0 amide bonds. The van der Waals surface area contributed by atoms with Crippen molar-refractivity contribution in [1.29, 1.82) is 0 Å². The Balaban J connectivity index is 0.00000121. The monoisotopic (exact) mass is 286 g/mol. The van der Waals surface area contributed by atoms with Crippen LogP contribution in [0.1, 0.15) is 5.56 Å². The van der Waals surface area contributed by atoms with Crippen LogP contribution in [0.4, 0.5) is 4.39 Å². The molecule has 0 N–H and O–H groups in total. The van der Waals surface area contributed by atoms with Gasteiger partial charge in [-0.1, -0.05) is 12.1 Å². The number of carbonyl (C=O) groups is 1. The Morgan fingerprint density at radius 1 is 1.33 bits per heavy atom. The number of halogens is 1. The van der Waals surface area contributed by atoms with Crippen LogP contribution in [0.15, 0.2) is 24.3 Å². The van der Waals surface area contributed by atoms with Gasteiger partial charge in [0.05, 0.1) is 0 Å². The van der Waals surface area contributed by atoms with Gasteiger partial charge in [-0.2, -0.15) is 0 Å². The molecule has 0 aliphatic carbocycles. The van der Waals surface area contributed by atoms with E-state index in [0.717, 1.165) is 0 Å². The standard InChI is InChI=1S/C8H7FO2.Cs/c9-7-3-1-6(2-4-7)5-8(10)11;/h1-4H,5H2,(H,10,11);/q;+1/p-1.